The Morgan fingerprint density at radius 2 is 2.00 bits per heavy atom. The summed E-state index contributed by atoms with van der Waals surface area (Å²) in [6.07, 6.45) is 2.63. The molecular formula is C15H23NO3. The van der Waals surface area contributed by atoms with Gasteiger partial charge in [-0.1, -0.05) is 12.1 Å². The van der Waals surface area contributed by atoms with Crippen LogP contribution in [0.5, 0.6) is 11.5 Å². The summed E-state index contributed by atoms with van der Waals surface area (Å²) >= 11 is 0. The third-order valence-electron chi connectivity index (χ3n) is 3.56. The fourth-order valence-corrected chi connectivity index (χ4v) is 2.45. The summed E-state index contributed by atoms with van der Waals surface area (Å²) in [4.78, 5) is 0. The van der Waals surface area contributed by atoms with Crippen molar-refractivity contribution in [1.29, 1.82) is 0 Å². The van der Waals surface area contributed by atoms with Crippen LogP contribution < -0.4 is 14.8 Å². The zero-order valence-electron chi connectivity index (χ0n) is 11.9. The highest BCUT2D eigenvalue weighted by Gasteiger charge is 2.29. The van der Waals surface area contributed by atoms with Gasteiger partial charge in [0.25, 0.3) is 0 Å². The molecule has 2 rings (SSSR count). The van der Waals surface area contributed by atoms with Crippen LogP contribution in [0.4, 0.5) is 0 Å². The second kappa shape index (κ2) is 6.78. The van der Waals surface area contributed by atoms with Crippen LogP contribution in [-0.2, 0) is 11.3 Å². The van der Waals surface area contributed by atoms with Gasteiger partial charge in [0.1, 0.15) is 0 Å². The van der Waals surface area contributed by atoms with E-state index in [1.807, 2.05) is 19.1 Å². The molecule has 4 nitrogen and oxygen atoms in total. The van der Waals surface area contributed by atoms with E-state index in [2.05, 4.69) is 11.4 Å². The maximum Gasteiger partial charge on any atom is 0.165 e. The van der Waals surface area contributed by atoms with E-state index in [1.54, 1.807) is 14.2 Å². The first kappa shape index (κ1) is 14.2. The van der Waals surface area contributed by atoms with Gasteiger partial charge < -0.3 is 19.5 Å². The molecule has 1 fully saturated rings. The SMILES string of the molecule is CCOC1CC(NCc2cccc(OC)c2OC)C1. The van der Waals surface area contributed by atoms with Crippen LogP contribution in [-0.4, -0.2) is 33.0 Å². The number of ether oxygens (including phenoxy) is 3. The Morgan fingerprint density at radius 1 is 1.21 bits per heavy atom. The quantitative estimate of drug-likeness (QED) is 0.821. The molecule has 1 aliphatic rings. The molecule has 0 aromatic heterocycles. The largest absolute Gasteiger partial charge is 0.493 e. The highest BCUT2D eigenvalue weighted by Crippen LogP contribution is 2.31. The number of nitrogens with one attached hydrogen (secondary N) is 1. The Hall–Kier alpha value is -1.26. The number of hydrogen-bond acceptors (Lipinski definition) is 4. The highest BCUT2D eigenvalue weighted by molar-refractivity contribution is 5.46. The zero-order valence-corrected chi connectivity index (χ0v) is 11.9. The predicted octanol–water partition coefficient (Wildman–Crippen LogP) is 2.36. The maximum absolute atomic E-state index is 5.56. The minimum atomic E-state index is 0.440. The number of hydrogen-bond donors (Lipinski definition) is 1. The first-order valence-electron chi connectivity index (χ1n) is 6.83. The van der Waals surface area contributed by atoms with Crippen molar-refractivity contribution in [2.75, 3.05) is 20.8 Å². The van der Waals surface area contributed by atoms with Crippen LogP contribution in [0.3, 0.4) is 0 Å². The van der Waals surface area contributed by atoms with Gasteiger partial charge in [-0.3, -0.25) is 0 Å². The summed E-state index contributed by atoms with van der Waals surface area (Å²) in [5, 5.41) is 3.53. The summed E-state index contributed by atoms with van der Waals surface area (Å²) in [5.74, 6) is 1.60. The third-order valence-corrected chi connectivity index (χ3v) is 3.56. The first-order valence-corrected chi connectivity index (χ1v) is 6.83. The van der Waals surface area contributed by atoms with Gasteiger partial charge in [0.05, 0.1) is 20.3 Å². The van der Waals surface area contributed by atoms with Crippen LogP contribution in [0.15, 0.2) is 18.2 Å². The van der Waals surface area contributed by atoms with Crippen molar-refractivity contribution in [3.63, 3.8) is 0 Å². The molecule has 106 valence electrons. The molecule has 1 aromatic rings. The van der Waals surface area contributed by atoms with Crippen LogP contribution in [0, 0.1) is 0 Å². The van der Waals surface area contributed by atoms with Gasteiger partial charge in [-0.15, -0.1) is 0 Å². The molecule has 1 N–H and O–H groups in total. The Labute approximate surface area is 115 Å². The molecular weight excluding hydrogens is 242 g/mol. The van der Waals surface area contributed by atoms with Gasteiger partial charge in [0.2, 0.25) is 0 Å². The molecule has 0 heterocycles. The van der Waals surface area contributed by atoms with E-state index in [1.165, 1.54) is 0 Å². The minimum absolute atomic E-state index is 0.440. The van der Waals surface area contributed by atoms with Crippen LogP contribution >= 0.6 is 0 Å². The standard InChI is InChI=1S/C15H23NO3/c1-4-19-13-8-12(9-13)16-10-11-6-5-7-14(17-2)15(11)18-3/h5-7,12-13,16H,4,8-10H2,1-3H3. The average molecular weight is 265 g/mol. The molecule has 0 atom stereocenters. The zero-order chi connectivity index (χ0) is 13.7. The van der Waals surface area contributed by atoms with Crippen molar-refractivity contribution in [1.82, 2.24) is 5.32 Å². The molecule has 0 unspecified atom stereocenters. The lowest BCUT2D eigenvalue weighted by Gasteiger charge is -2.35. The van der Waals surface area contributed by atoms with Gasteiger partial charge >= 0.3 is 0 Å². The first-order chi connectivity index (χ1) is 9.28. The molecule has 0 spiro atoms. The van der Waals surface area contributed by atoms with Gasteiger partial charge in [0.15, 0.2) is 11.5 Å². The van der Waals surface area contributed by atoms with E-state index in [4.69, 9.17) is 14.2 Å². The molecule has 19 heavy (non-hydrogen) atoms. The second-order valence-corrected chi connectivity index (χ2v) is 4.78. The van der Waals surface area contributed by atoms with Gasteiger partial charge in [-0.2, -0.15) is 0 Å². The molecule has 0 radical (unpaired) electrons. The highest BCUT2D eigenvalue weighted by atomic mass is 16.5. The van der Waals surface area contributed by atoms with E-state index in [9.17, 15) is 0 Å². The normalized spacial score (nSPS) is 21.8. The Kier molecular flexibility index (Phi) is 5.05. The number of benzene rings is 1. The molecule has 1 aromatic carbocycles. The molecule has 0 saturated heterocycles. The topological polar surface area (TPSA) is 39.7 Å². The van der Waals surface area contributed by atoms with Gasteiger partial charge in [-0.05, 0) is 25.8 Å². The Morgan fingerprint density at radius 3 is 2.63 bits per heavy atom. The van der Waals surface area contributed by atoms with Crippen molar-refractivity contribution >= 4 is 0 Å². The lowest BCUT2D eigenvalue weighted by Crippen LogP contribution is -2.45. The van der Waals surface area contributed by atoms with Crippen molar-refractivity contribution in [2.45, 2.75) is 38.5 Å². The van der Waals surface area contributed by atoms with E-state index in [0.29, 0.717) is 12.1 Å². The van der Waals surface area contributed by atoms with Crippen LogP contribution in [0.1, 0.15) is 25.3 Å². The monoisotopic (exact) mass is 265 g/mol. The fourth-order valence-electron chi connectivity index (χ4n) is 2.45. The smallest absolute Gasteiger partial charge is 0.165 e. The lowest BCUT2D eigenvalue weighted by atomic mass is 9.89. The Bertz CT molecular complexity index is 402. The summed E-state index contributed by atoms with van der Waals surface area (Å²) in [6.45, 7) is 3.65. The molecule has 1 aliphatic carbocycles. The van der Waals surface area contributed by atoms with Crippen LogP contribution in [0.2, 0.25) is 0 Å². The van der Waals surface area contributed by atoms with Crippen LogP contribution in [0.25, 0.3) is 0 Å². The van der Waals surface area contributed by atoms with Gasteiger partial charge in [-0.25, -0.2) is 0 Å². The number of rotatable bonds is 7. The third kappa shape index (κ3) is 3.39. The second-order valence-electron chi connectivity index (χ2n) is 4.78. The summed E-state index contributed by atoms with van der Waals surface area (Å²) < 4.78 is 16.3. The van der Waals surface area contributed by atoms with Crippen molar-refractivity contribution in [3.8, 4) is 11.5 Å². The average Bonchev–Trinajstić information content (AvgIpc) is 2.40. The summed E-state index contributed by atoms with van der Waals surface area (Å²) in [7, 11) is 3.34. The van der Waals surface area contributed by atoms with E-state index in [-0.39, 0.29) is 0 Å². The van der Waals surface area contributed by atoms with E-state index < -0.39 is 0 Å². The summed E-state index contributed by atoms with van der Waals surface area (Å²) in [5.41, 5.74) is 1.13. The number of para-hydroxylation sites is 1. The molecule has 0 bridgehead atoms. The maximum atomic E-state index is 5.56. The fraction of sp³-hybridized carbons (Fsp3) is 0.600. The van der Waals surface area contributed by atoms with E-state index >= 15 is 0 Å². The predicted molar refractivity (Wildman–Crippen MR) is 74.8 cm³/mol. The van der Waals surface area contributed by atoms with Crippen molar-refractivity contribution in [3.05, 3.63) is 23.8 Å². The molecule has 4 heteroatoms. The molecule has 0 aliphatic heterocycles. The van der Waals surface area contributed by atoms with Crippen molar-refractivity contribution in [2.24, 2.45) is 0 Å². The number of methoxy groups -OCH3 is 2. The lowest BCUT2D eigenvalue weighted by molar-refractivity contribution is -0.0102. The molecule has 0 amide bonds. The Balaban J connectivity index is 1.87. The van der Waals surface area contributed by atoms with Gasteiger partial charge in [0, 0.05) is 24.8 Å². The minimum Gasteiger partial charge on any atom is -0.493 e. The summed E-state index contributed by atoms with van der Waals surface area (Å²) in [6, 6.07) is 6.51. The molecule has 1 saturated carbocycles. The van der Waals surface area contributed by atoms with Crippen molar-refractivity contribution < 1.29 is 14.2 Å². The van der Waals surface area contributed by atoms with E-state index in [0.717, 1.165) is 43.1 Å².